The van der Waals surface area contributed by atoms with Crippen LogP contribution >= 0.6 is 0 Å². The fourth-order valence-electron chi connectivity index (χ4n) is 2.52. The van der Waals surface area contributed by atoms with Crippen molar-refractivity contribution in [3.8, 4) is 0 Å². The predicted molar refractivity (Wildman–Crippen MR) is 63.7 cm³/mol. The van der Waals surface area contributed by atoms with Gasteiger partial charge in [0.15, 0.2) is 0 Å². The van der Waals surface area contributed by atoms with Crippen molar-refractivity contribution < 1.29 is 14.4 Å². The van der Waals surface area contributed by atoms with Gasteiger partial charge in [0.25, 0.3) is 5.91 Å². The number of nitrogens with zero attached hydrogens (tertiary/aromatic N) is 1. The molecule has 2 aliphatic rings. The third kappa shape index (κ3) is 2.05. The van der Waals surface area contributed by atoms with E-state index in [1.807, 2.05) is 6.92 Å². The Bertz CT molecular complexity index is 398. The van der Waals surface area contributed by atoms with Gasteiger partial charge in [-0.05, 0) is 13.5 Å². The van der Waals surface area contributed by atoms with Crippen LogP contribution in [0, 0.1) is 5.92 Å². The summed E-state index contributed by atoms with van der Waals surface area (Å²) >= 11 is 0. The van der Waals surface area contributed by atoms with Gasteiger partial charge in [0.05, 0.1) is 6.54 Å². The highest BCUT2D eigenvalue weighted by Gasteiger charge is 2.51. The lowest BCUT2D eigenvalue weighted by molar-refractivity contribution is -0.134. The summed E-state index contributed by atoms with van der Waals surface area (Å²) in [6, 6.07) is -0.474. The van der Waals surface area contributed by atoms with E-state index in [9.17, 15) is 14.4 Å². The summed E-state index contributed by atoms with van der Waals surface area (Å²) in [5.41, 5.74) is -0.911. The van der Waals surface area contributed by atoms with Crippen LogP contribution < -0.4 is 16.0 Å². The molecule has 2 fully saturated rings. The largest absolute Gasteiger partial charge is 0.339 e. The van der Waals surface area contributed by atoms with Crippen molar-refractivity contribution in [1.82, 2.24) is 20.9 Å². The highest BCUT2D eigenvalue weighted by molar-refractivity contribution is 6.07. The second-order valence-electron chi connectivity index (χ2n) is 4.96. The van der Waals surface area contributed by atoms with Crippen molar-refractivity contribution in [2.24, 2.45) is 5.92 Å². The fourth-order valence-corrected chi connectivity index (χ4v) is 2.52. The van der Waals surface area contributed by atoms with Crippen LogP contribution in [0.1, 0.15) is 13.3 Å². The lowest BCUT2D eigenvalue weighted by Gasteiger charge is -2.23. The Morgan fingerprint density at radius 1 is 1.56 bits per heavy atom. The van der Waals surface area contributed by atoms with E-state index in [1.165, 1.54) is 0 Å². The maximum absolute atomic E-state index is 12.1. The molecule has 0 aromatic carbocycles. The summed E-state index contributed by atoms with van der Waals surface area (Å²) in [6.45, 7) is 3.20. The first-order valence-corrected chi connectivity index (χ1v) is 6.05. The zero-order chi connectivity index (χ0) is 13.3. The molecule has 2 saturated heterocycles. The molecule has 0 aliphatic carbocycles. The van der Waals surface area contributed by atoms with Gasteiger partial charge in [0.2, 0.25) is 5.91 Å². The number of rotatable bonds is 3. The quantitative estimate of drug-likeness (QED) is 0.543. The molecule has 1 spiro atoms. The van der Waals surface area contributed by atoms with E-state index in [0.29, 0.717) is 19.5 Å². The Labute approximate surface area is 105 Å². The smallest absolute Gasteiger partial charge is 0.322 e. The number of urea groups is 1. The molecule has 3 N–H and O–H groups in total. The van der Waals surface area contributed by atoms with Crippen molar-refractivity contribution in [1.29, 1.82) is 0 Å². The molecule has 7 nitrogen and oxygen atoms in total. The highest BCUT2D eigenvalue weighted by atomic mass is 16.2. The van der Waals surface area contributed by atoms with E-state index in [2.05, 4.69) is 16.0 Å². The standard InChI is InChI=1S/C11H18N4O3/c1-7(5-12-2)8(16)15-4-3-11(6-15)9(17)13-10(18)14-11/h7,12H,3-6H2,1-2H3,(H2,13,14,17,18). The third-order valence-electron chi connectivity index (χ3n) is 3.53. The van der Waals surface area contributed by atoms with Gasteiger partial charge in [0.1, 0.15) is 5.54 Å². The molecule has 0 bridgehead atoms. The normalized spacial score (nSPS) is 28.4. The summed E-state index contributed by atoms with van der Waals surface area (Å²) in [7, 11) is 1.79. The van der Waals surface area contributed by atoms with E-state index in [4.69, 9.17) is 0 Å². The lowest BCUT2D eigenvalue weighted by atomic mass is 9.99. The monoisotopic (exact) mass is 254 g/mol. The van der Waals surface area contributed by atoms with Crippen molar-refractivity contribution >= 4 is 17.8 Å². The second kappa shape index (κ2) is 4.56. The van der Waals surface area contributed by atoms with Crippen LogP contribution in [0.4, 0.5) is 4.79 Å². The van der Waals surface area contributed by atoms with Gasteiger partial charge in [-0.3, -0.25) is 14.9 Å². The zero-order valence-corrected chi connectivity index (χ0v) is 10.6. The summed E-state index contributed by atoms with van der Waals surface area (Å²) < 4.78 is 0. The van der Waals surface area contributed by atoms with Gasteiger partial charge in [-0.2, -0.15) is 0 Å². The summed E-state index contributed by atoms with van der Waals surface area (Å²) in [5, 5.41) is 7.80. The summed E-state index contributed by atoms with van der Waals surface area (Å²) in [6.07, 6.45) is 0.475. The third-order valence-corrected chi connectivity index (χ3v) is 3.53. The van der Waals surface area contributed by atoms with Gasteiger partial charge in [-0.15, -0.1) is 0 Å². The minimum Gasteiger partial charge on any atom is -0.339 e. The van der Waals surface area contributed by atoms with Gasteiger partial charge in [-0.1, -0.05) is 6.92 Å². The first-order valence-electron chi connectivity index (χ1n) is 6.05. The molecular weight excluding hydrogens is 236 g/mol. The van der Waals surface area contributed by atoms with Gasteiger partial charge in [-0.25, -0.2) is 4.79 Å². The number of hydrogen-bond acceptors (Lipinski definition) is 4. The maximum atomic E-state index is 12.1. The number of amides is 4. The van der Waals surface area contributed by atoms with E-state index in [0.717, 1.165) is 0 Å². The number of likely N-dealkylation sites (tertiary alicyclic amines) is 1. The first kappa shape index (κ1) is 12.8. The Balaban J connectivity index is 2.02. The molecule has 7 heteroatoms. The summed E-state index contributed by atoms with van der Waals surface area (Å²) in [5.74, 6) is -0.454. The van der Waals surface area contributed by atoms with Crippen LogP contribution in [0.15, 0.2) is 0 Å². The van der Waals surface area contributed by atoms with Crippen molar-refractivity contribution in [3.05, 3.63) is 0 Å². The average molecular weight is 254 g/mol. The van der Waals surface area contributed by atoms with Crippen LogP contribution in [0.2, 0.25) is 0 Å². The molecule has 2 unspecified atom stereocenters. The molecular formula is C11H18N4O3. The molecule has 2 heterocycles. The number of imide groups is 1. The second-order valence-corrected chi connectivity index (χ2v) is 4.96. The van der Waals surface area contributed by atoms with Crippen molar-refractivity contribution in [2.75, 3.05) is 26.7 Å². The van der Waals surface area contributed by atoms with E-state index in [1.54, 1.807) is 11.9 Å². The van der Waals surface area contributed by atoms with Crippen molar-refractivity contribution in [2.45, 2.75) is 18.9 Å². The Kier molecular flexibility index (Phi) is 3.25. The summed E-state index contributed by atoms with van der Waals surface area (Å²) in [4.78, 5) is 36.6. The molecule has 0 aromatic rings. The number of carbonyl (C=O) groups is 3. The first-order chi connectivity index (χ1) is 8.48. The van der Waals surface area contributed by atoms with Crippen LogP contribution in [-0.4, -0.2) is 55.0 Å². The average Bonchev–Trinajstić information content (AvgIpc) is 2.84. The van der Waals surface area contributed by atoms with Gasteiger partial charge < -0.3 is 15.5 Å². The van der Waals surface area contributed by atoms with Crippen molar-refractivity contribution in [3.63, 3.8) is 0 Å². The van der Waals surface area contributed by atoms with Gasteiger partial charge in [0, 0.05) is 19.0 Å². The van der Waals surface area contributed by atoms with Crippen LogP contribution in [-0.2, 0) is 9.59 Å². The molecule has 0 radical (unpaired) electrons. The molecule has 0 aromatic heterocycles. The Morgan fingerprint density at radius 3 is 2.83 bits per heavy atom. The van der Waals surface area contributed by atoms with Crippen LogP contribution in [0.5, 0.6) is 0 Å². The Morgan fingerprint density at radius 2 is 2.28 bits per heavy atom. The molecule has 4 amide bonds. The SMILES string of the molecule is CNCC(C)C(=O)N1CCC2(C1)NC(=O)NC2=O. The zero-order valence-electron chi connectivity index (χ0n) is 10.6. The van der Waals surface area contributed by atoms with Crippen LogP contribution in [0.3, 0.4) is 0 Å². The number of carbonyl (C=O) groups excluding carboxylic acids is 3. The van der Waals surface area contributed by atoms with Gasteiger partial charge >= 0.3 is 6.03 Å². The molecule has 2 rings (SSSR count). The molecule has 18 heavy (non-hydrogen) atoms. The van der Waals surface area contributed by atoms with E-state index < -0.39 is 11.6 Å². The van der Waals surface area contributed by atoms with E-state index in [-0.39, 0.29) is 24.3 Å². The van der Waals surface area contributed by atoms with E-state index >= 15 is 0 Å². The van der Waals surface area contributed by atoms with Crippen LogP contribution in [0.25, 0.3) is 0 Å². The fraction of sp³-hybridized carbons (Fsp3) is 0.727. The predicted octanol–water partition coefficient (Wildman–Crippen LogP) is -1.35. The minimum absolute atomic E-state index is 0.00942. The number of nitrogens with one attached hydrogen (secondary N) is 3. The Hall–Kier alpha value is -1.63. The minimum atomic E-state index is -0.911. The number of hydrogen-bond donors (Lipinski definition) is 3. The lowest BCUT2D eigenvalue weighted by Crippen LogP contribution is -2.50. The topological polar surface area (TPSA) is 90.5 Å². The maximum Gasteiger partial charge on any atom is 0.322 e. The molecule has 2 atom stereocenters. The molecule has 0 saturated carbocycles. The highest BCUT2D eigenvalue weighted by Crippen LogP contribution is 2.25. The molecule has 2 aliphatic heterocycles. The molecule has 100 valence electrons.